The highest BCUT2D eigenvalue weighted by Crippen LogP contribution is 2.16. The van der Waals surface area contributed by atoms with Crippen LogP contribution in [0.4, 0.5) is 4.79 Å². The average molecular weight is 349 g/mol. The highest BCUT2D eigenvalue weighted by atomic mass is 16.6. The highest BCUT2D eigenvalue weighted by Gasteiger charge is 2.21. The van der Waals surface area contributed by atoms with Gasteiger partial charge in [0.15, 0.2) is 0 Å². The minimum Gasteiger partial charge on any atom is -0.461 e. The van der Waals surface area contributed by atoms with Crippen LogP contribution in [0.5, 0.6) is 0 Å². The molecule has 0 spiro atoms. The lowest BCUT2D eigenvalue weighted by molar-refractivity contribution is -0.140. The Kier molecular flexibility index (Phi) is 9.32. The van der Waals surface area contributed by atoms with E-state index >= 15 is 0 Å². The van der Waals surface area contributed by atoms with Gasteiger partial charge in [0.1, 0.15) is 19.4 Å². The van der Waals surface area contributed by atoms with Gasteiger partial charge in [0, 0.05) is 19.4 Å². The zero-order valence-electron chi connectivity index (χ0n) is 15.1. The second-order valence-electron chi connectivity index (χ2n) is 5.79. The Morgan fingerprint density at radius 3 is 2.48 bits per heavy atom. The molecule has 1 aromatic carbocycles. The van der Waals surface area contributed by atoms with Crippen LogP contribution in [-0.2, 0) is 25.6 Å². The lowest BCUT2D eigenvalue weighted by atomic mass is 10.0. The van der Waals surface area contributed by atoms with Crippen LogP contribution in [0.15, 0.2) is 42.5 Å². The summed E-state index contributed by atoms with van der Waals surface area (Å²) in [6.07, 6.45) is -0.501. The second kappa shape index (κ2) is 11.3. The Labute approximate surface area is 149 Å². The molecule has 6 nitrogen and oxygen atoms in total. The average Bonchev–Trinajstić information content (AvgIpc) is 2.58. The molecule has 138 valence electrons. The van der Waals surface area contributed by atoms with Crippen LogP contribution in [0, 0.1) is 5.92 Å². The lowest BCUT2D eigenvalue weighted by Gasteiger charge is -2.25. The standard InChI is InChI=1S/C19H27NO5/c1-5-23-18(15(3)11-14(2)12-24-16(4)21)20-19(22)25-13-17-9-7-6-8-10-17/h6-10,15,18H,2,5,11-13H2,1,3-4H3,(H,20,22). The summed E-state index contributed by atoms with van der Waals surface area (Å²) in [5, 5.41) is 2.73. The van der Waals surface area contributed by atoms with Gasteiger partial charge < -0.3 is 14.2 Å². The Balaban J connectivity index is 2.46. The SMILES string of the molecule is C=C(COC(C)=O)CC(C)C(NC(=O)OCc1ccccc1)OCC. The molecule has 0 saturated heterocycles. The van der Waals surface area contributed by atoms with Crippen LogP contribution in [0.3, 0.4) is 0 Å². The van der Waals surface area contributed by atoms with Crippen molar-refractivity contribution in [2.45, 2.75) is 40.0 Å². The molecular formula is C19H27NO5. The summed E-state index contributed by atoms with van der Waals surface area (Å²) < 4.78 is 15.7. The molecular weight excluding hydrogens is 322 g/mol. The first-order valence-corrected chi connectivity index (χ1v) is 8.31. The zero-order chi connectivity index (χ0) is 18.7. The van der Waals surface area contributed by atoms with Crippen LogP contribution in [0.25, 0.3) is 0 Å². The van der Waals surface area contributed by atoms with Gasteiger partial charge >= 0.3 is 12.1 Å². The molecule has 2 unspecified atom stereocenters. The first kappa shape index (κ1) is 20.7. The molecule has 1 aromatic rings. The van der Waals surface area contributed by atoms with Gasteiger partial charge in [-0.1, -0.05) is 43.8 Å². The van der Waals surface area contributed by atoms with E-state index in [0.717, 1.165) is 11.1 Å². The molecule has 0 radical (unpaired) electrons. The summed E-state index contributed by atoms with van der Waals surface area (Å²) in [4.78, 5) is 22.8. The van der Waals surface area contributed by atoms with Gasteiger partial charge in [0.05, 0.1) is 0 Å². The van der Waals surface area contributed by atoms with Crippen LogP contribution in [0.1, 0.15) is 32.8 Å². The first-order chi connectivity index (χ1) is 11.9. The molecule has 25 heavy (non-hydrogen) atoms. The molecule has 1 N–H and O–H groups in total. The monoisotopic (exact) mass is 349 g/mol. The number of amides is 1. The number of ether oxygens (including phenoxy) is 3. The molecule has 0 saturated carbocycles. The van der Waals surface area contributed by atoms with Crippen molar-refractivity contribution < 1.29 is 23.8 Å². The fourth-order valence-electron chi connectivity index (χ4n) is 2.23. The molecule has 6 heteroatoms. The summed E-state index contributed by atoms with van der Waals surface area (Å²) in [5.74, 6) is -0.398. The minimum atomic E-state index is -0.542. The van der Waals surface area contributed by atoms with E-state index in [-0.39, 0.29) is 25.1 Å². The van der Waals surface area contributed by atoms with Crippen molar-refractivity contribution in [2.24, 2.45) is 5.92 Å². The highest BCUT2D eigenvalue weighted by molar-refractivity contribution is 5.67. The largest absolute Gasteiger partial charge is 0.461 e. The number of esters is 1. The van der Waals surface area contributed by atoms with Gasteiger partial charge in [0.2, 0.25) is 0 Å². The molecule has 0 heterocycles. The van der Waals surface area contributed by atoms with Gasteiger partial charge in [-0.15, -0.1) is 0 Å². The maximum atomic E-state index is 12.0. The molecule has 0 bridgehead atoms. The number of benzene rings is 1. The maximum Gasteiger partial charge on any atom is 0.409 e. The van der Waals surface area contributed by atoms with Crippen molar-refractivity contribution in [3.8, 4) is 0 Å². The summed E-state index contributed by atoms with van der Waals surface area (Å²) in [7, 11) is 0. The van der Waals surface area contributed by atoms with E-state index in [0.29, 0.717) is 13.0 Å². The molecule has 0 aliphatic rings. The zero-order valence-corrected chi connectivity index (χ0v) is 15.1. The van der Waals surface area contributed by atoms with E-state index in [2.05, 4.69) is 11.9 Å². The molecule has 2 atom stereocenters. The third-order valence-corrected chi connectivity index (χ3v) is 3.43. The number of hydrogen-bond donors (Lipinski definition) is 1. The third-order valence-electron chi connectivity index (χ3n) is 3.43. The van der Waals surface area contributed by atoms with E-state index in [1.807, 2.05) is 44.2 Å². The normalized spacial score (nSPS) is 12.8. The number of alkyl carbamates (subject to hydrolysis) is 1. The predicted octanol–water partition coefficient (Wildman–Crippen LogP) is 3.42. The molecule has 0 aromatic heterocycles. The van der Waals surface area contributed by atoms with E-state index < -0.39 is 12.3 Å². The maximum absolute atomic E-state index is 12.0. The topological polar surface area (TPSA) is 73.9 Å². The molecule has 0 aliphatic carbocycles. The molecule has 0 aliphatic heterocycles. The number of nitrogens with one attached hydrogen (secondary N) is 1. The molecule has 1 rings (SSSR count). The van der Waals surface area contributed by atoms with Crippen LogP contribution in [0.2, 0.25) is 0 Å². The van der Waals surface area contributed by atoms with Crippen molar-refractivity contribution >= 4 is 12.1 Å². The van der Waals surface area contributed by atoms with E-state index in [4.69, 9.17) is 14.2 Å². The number of rotatable bonds is 10. The fourth-order valence-corrected chi connectivity index (χ4v) is 2.23. The van der Waals surface area contributed by atoms with Gasteiger partial charge in [-0.25, -0.2) is 4.79 Å². The summed E-state index contributed by atoms with van der Waals surface area (Å²) in [6.45, 7) is 9.82. The molecule has 1 amide bonds. The Morgan fingerprint density at radius 2 is 1.88 bits per heavy atom. The lowest BCUT2D eigenvalue weighted by Crippen LogP contribution is -2.42. The quantitative estimate of drug-likeness (QED) is 0.398. The Morgan fingerprint density at radius 1 is 1.20 bits per heavy atom. The van der Waals surface area contributed by atoms with Gasteiger partial charge in [-0.05, 0) is 24.5 Å². The van der Waals surface area contributed by atoms with Crippen LogP contribution in [-0.4, -0.2) is 31.5 Å². The van der Waals surface area contributed by atoms with Gasteiger partial charge in [-0.2, -0.15) is 0 Å². The van der Waals surface area contributed by atoms with Crippen LogP contribution >= 0.6 is 0 Å². The number of hydrogen-bond acceptors (Lipinski definition) is 5. The van der Waals surface area contributed by atoms with E-state index in [9.17, 15) is 9.59 Å². The Hall–Kier alpha value is -2.34. The predicted molar refractivity (Wildman–Crippen MR) is 94.7 cm³/mol. The summed E-state index contributed by atoms with van der Waals surface area (Å²) in [6, 6.07) is 9.44. The third kappa shape index (κ3) is 8.91. The fraction of sp³-hybridized carbons (Fsp3) is 0.474. The van der Waals surface area contributed by atoms with E-state index in [1.54, 1.807) is 0 Å². The van der Waals surface area contributed by atoms with Crippen molar-refractivity contribution in [2.75, 3.05) is 13.2 Å². The number of carbonyl (C=O) groups is 2. The van der Waals surface area contributed by atoms with E-state index in [1.165, 1.54) is 6.92 Å². The minimum absolute atomic E-state index is 0.0488. The summed E-state index contributed by atoms with van der Waals surface area (Å²) in [5.41, 5.74) is 1.67. The Bertz CT molecular complexity index is 558. The van der Waals surface area contributed by atoms with Gasteiger partial charge in [-0.3, -0.25) is 10.1 Å². The first-order valence-electron chi connectivity index (χ1n) is 8.31. The van der Waals surface area contributed by atoms with Gasteiger partial charge in [0.25, 0.3) is 0 Å². The second-order valence-corrected chi connectivity index (χ2v) is 5.79. The summed E-state index contributed by atoms with van der Waals surface area (Å²) >= 11 is 0. The molecule has 0 fully saturated rings. The van der Waals surface area contributed by atoms with Crippen LogP contribution < -0.4 is 5.32 Å². The van der Waals surface area contributed by atoms with Crippen molar-refractivity contribution in [3.05, 3.63) is 48.0 Å². The van der Waals surface area contributed by atoms with Crippen molar-refractivity contribution in [3.63, 3.8) is 0 Å². The van der Waals surface area contributed by atoms with Crippen molar-refractivity contribution in [1.29, 1.82) is 0 Å². The van der Waals surface area contributed by atoms with Crippen molar-refractivity contribution in [1.82, 2.24) is 5.32 Å². The smallest absolute Gasteiger partial charge is 0.409 e. The number of carbonyl (C=O) groups excluding carboxylic acids is 2.